The van der Waals surface area contributed by atoms with Crippen molar-refractivity contribution >= 4 is 17.8 Å². The van der Waals surface area contributed by atoms with E-state index in [1.54, 1.807) is 0 Å². The van der Waals surface area contributed by atoms with Crippen molar-refractivity contribution in [3.05, 3.63) is 0 Å². The molecule has 2 aliphatic heterocycles. The van der Waals surface area contributed by atoms with Crippen molar-refractivity contribution in [1.29, 1.82) is 0 Å². The van der Waals surface area contributed by atoms with Gasteiger partial charge in [-0.15, -0.1) is 0 Å². The number of rotatable bonds is 4. The van der Waals surface area contributed by atoms with Gasteiger partial charge in [0.1, 0.15) is 0 Å². The van der Waals surface area contributed by atoms with Gasteiger partial charge in [0.2, 0.25) is 17.8 Å². The first-order valence-electron chi connectivity index (χ1n) is 7.60. The topological polar surface area (TPSA) is 92.4 Å². The van der Waals surface area contributed by atoms with Crippen LogP contribution in [0.4, 0.5) is 17.8 Å². The number of nitrogens with one attached hydrogen (secondary N) is 1. The number of hydrazine groups is 1. The number of aromatic nitrogens is 3. The zero-order valence-corrected chi connectivity index (χ0v) is 12.5. The standard InChI is InChI=1S/C13H23N7O/c1-2-10-3-4-20(9-10)13-16-11(18-14)15-12(17-13)19-5-7-21-8-6-19/h10H,2-9,14H2,1H3,(H,15,16,17,18). The second kappa shape index (κ2) is 6.40. The van der Waals surface area contributed by atoms with Crippen LogP contribution >= 0.6 is 0 Å². The predicted octanol–water partition coefficient (Wildman–Crippen LogP) is 0.230. The first-order valence-corrected chi connectivity index (χ1v) is 7.60. The quantitative estimate of drug-likeness (QED) is 0.602. The van der Waals surface area contributed by atoms with Crippen LogP contribution in [0.2, 0.25) is 0 Å². The van der Waals surface area contributed by atoms with Gasteiger partial charge in [-0.1, -0.05) is 13.3 Å². The molecule has 0 aliphatic carbocycles. The predicted molar refractivity (Wildman–Crippen MR) is 81.3 cm³/mol. The molecule has 2 saturated heterocycles. The van der Waals surface area contributed by atoms with Crippen LogP contribution in [0, 0.1) is 5.92 Å². The molecule has 1 aromatic rings. The van der Waals surface area contributed by atoms with Gasteiger partial charge in [0.05, 0.1) is 13.2 Å². The highest BCUT2D eigenvalue weighted by molar-refractivity contribution is 5.45. The molecule has 1 atom stereocenters. The summed E-state index contributed by atoms with van der Waals surface area (Å²) in [5, 5.41) is 0. The second-order valence-electron chi connectivity index (χ2n) is 5.51. The Morgan fingerprint density at radius 1 is 1.14 bits per heavy atom. The molecular formula is C13H23N7O. The zero-order valence-electron chi connectivity index (χ0n) is 12.5. The van der Waals surface area contributed by atoms with E-state index in [0.717, 1.165) is 38.0 Å². The summed E-state index contributed by atoms with van der Waals surface area (Å²) in [6.45, 7) is 7.23. The highest BCUT2D eigenvalue weighted by atomic mass is 16.5. The van der Waals surface area contributed by atoms with Crippen LogP contribution in [0.3, 0.4) is 0 Å². The summed E-state index contributed by atoms with van der Waals surface area (Å²) >= 11 is 0. The highest BCUT2D eigenvalue weighted by Gasteiger charge is 2.25. The van der Waals surface area contributed by atoms with E-state index in [4.69, 9.17) is 10.6 Å². The highest BCUT2D eigenvalue weighted by Crippen LogP contribution is 2.25. The fourth-order valence-corrected chi connectivity index (χ4v) is 2.81. The molecule has 2 fully saturated rings. The van der Waals surface area contributed by atoms with Gasteiger partial charge < -0.3 is 14.5 Å². The molecule has 8 nitrogen and oxygen atoms in total. The molecule has 0 bridgehead atoms. The molecule has 0 amide bonds. The molecule has 116 valence electrons. The number of nitrogens with two attached hydrogens (primary N) is 1. The number of morpholine rings is 1. The van der Waals surface area contributed by atoms with E-state index in [1.807, 2.05) is 0 Å². The average Bonchev–Trinajstić information content (AvgIpc) is 3.04. The average molecular weight is 293 g/mol. The van der Waals surface area contributed by atoms with Crippen molar-refractivity contribution in [2.45, 2.75) is 19.8 Å². The lowest BCUT2D eigenvalue weighted by Crippen LogP contribution is -2.38. The van der Waals surface area contributed by atoms with E-state index in [0.29, 0.717) is 25.1 Å². The number of hydrogen-bond donors (Lipinski definition) is 2. The molecule has 3 heterocycles. The van der Waals surface area contributed by atoms with Crippen molar-refractivity contribution in [2.24, 2.45) is 11.8 Å². The second-order valence-corrected chi connectivity index (χ2v) is 5.51. The third kappa shape index (κ3) is 3.16. The van der Waals surface area contributed by atoms with Crippen LogP contribution in [-0.4, -0.2) is 54.3 Å². The molecule has 3 N–H and O–H groups in total. The minimum atomic E-state index is 0.418. The van der Waals surface area contributed by atoms with Crippen LogP contribution in [0.25, 0.3) is 0 Å². The van der Waals surface area contributed by atoms with Gasteiger partial charge in [0, 0.05) is 26.2 Å². The number of nitrogens with zero attached hydrogens (tertiary/aromatic N) is 5. The molecular weight excluding hydrogens is 270 g/mol. The van der Waals surface area contributed by atoms with Crippen LogP contribution in [0.1, 0.15) is 19.8 Å². The molecule has 0 spiro atoms. The Balaban J connectivity index is 1.82. The molecule has 1 aromatic heterocycles. The fraction of sp³-hybridized carbons (Fsp3) is 0.769. The summed E-state index contributed by atoms with van der Waals surface area (Å²) in [5.41, 5.74) is 2.55. The third-order valence-electron chi connectivity index (χ3n) is 4.18. The summed E-state index contributed by atoms with van der Waals surface area (Å²) in [5.74, 6) is 8.04. The lowest BCUT2D eigenvalue weighted by atomic mass is 10.1. The van der Waals surface area contributed by atoms with Crippen molar-refractivity contribution in [3.8, 4) is 0 Å². The molecule has 3 rings (SSSR count). The van der Waals surface area contributed by atoms with Crippen LogP contribution in [-0.2, 0) is 4.74 Å². The Hall–Kier alpha value is -1.67. The van der Waals surface area contributed by atoms with Crippen molar-refractivity contribution in [2.75, 3.05) is 54.6 Å². The zero-order chi connectivity index (χ0) is 14.7. The lowest BCUT2D eigenvalue weighted by molar-refractivity contribution is 0.122. The molecule has 2 aliphatic rings. The Labute approximate surface area is 124 Å². The minimum absolute atomic E-state index is 0.418. The summed E-state index contributed by atoms with van der Waals surface area (Å²) in [4.78, 5) is 17.7. The van der Waals surface area contributed by atoms with E-state index in [-0.39, 0.29) is 0 Å². The maximum absolute atomic E-state index is 5.50. The summed E-state index contributed by atoms with van der Waals surface area (Å²) < 4.78 is 5.37. The summed E-state index contributed by atoms with van der Waals surface area (Å²) in [7, 11) is 0. The van der Waals surface area contributed by atoms with Gasteiger partial charge in [-0.2, -0.15) is 15.0 Å². The van der Waals surface area contributed by atoms with Crippen molar-refractivity contribution in [3.63, 3.8) is 0 Å². The smallest absolute Gasteiger partial charge is 0.243 e. The molecule has 0 aromatic carbocycles. The van der Waals surface area contributed by atoms with Crippen LogP contribution in [0.15, 0.2) is 0 Å². The van der Waals surface area contributed by atoms with Crippen molar-refractivity contribution < 1.29 is 4.74 Å². The van der Waals surface area contributed by atoms with Gasteiger partial charge in [-0.25, -0.2) is 5.84 Å². The van der Waals surface area contributed by atoms with Gasteiger partial charge in [-0.05, 0) is 12.3 Å². The van der Waals surface area contributed by atoms with Gasteiger partial charge in [-0.3, -0.25) is 5.43 Å². The number of nitrogen functional groups attached to an aromatic ring is 1. The van der Waals surface area contributed by atoms with Crippen molar-refractivity contribution in [1.82, 2.24) is 15.0 Å². The third-order valence-corrected chi connectivity index (χ3v) is 4.18. The molecule has 8 heteroatoms. The van der Waals surface area contributed by atoms with Gasteiger partial charge in [0.15, 0.2) is 0 Å². The maximum Gasteiger partial charge on any atom is 0.243 e. The van der Waals surface area contributed by atoms with E-state index >= 15 is 0 Å². The number of anilines is 3. The number of ether oxygens (including phenoxy) is 1. The summed E-state index contributed by atoms with van der Waals surface area (Å²) in [6.07, 6.45) is 2.39. The maximum atomic E-state index is 5.50. The van der Waals surface area contributed by atoms with E-state index in [9.17, 15) is 0 Å². The first-order chi connectivity index (χ1) is 10.3. The Bertz CT molecular complexity index is 478. The van der Waals surface area contributed by atoms with Crippen LogP contribution < -0.4 is 21.1 Å². The molecule has 1 unspecified atom stereocenters. The van der Waals surface area contributed by atoms with Gasteiger partial charge >= 0.3 is 0 Å². The van der Waals surface area contributed by atoms with Gasteiger partial charge in [0.25, 0.3) is 0 Å². The SMILES string of the molecule is CCC1CCN(c2nc(NN)nc(N3CCOCC3)n2)C1. The number of hydrogen-bond acceptors (Lipinski definition) is 8. The molecule has 21 heavy (non-hydrogen) atoms. The minimum Gasteiger partial charge on any atom is -0.378 e. The molecule has 0 saturated carbocycles. The van der Waals surface area contributed by atoms with E-state index in [1.165, 1.54) is 12.8 Å². The normalized spacial score (nSPS) is 22.7. The van der Waals surface area contributed by atoms with E-state index in [2.05, 4.69) is 37.1 Å². The Kier molecular flexibility index (Phi) is 4.35. The largest absolute Gasteiger partial charge is 0.378 e. The molecule has 0 radical (unpaired) electrons. The first kappa shape index (κ1) is 14.3. The van der Waals surface area contributed by atoms with Crippen LogP contribution in [0.5, 0.6) is 0 Å². The van der Waals surface area contributed by atoms with E-state index < -0.39 is 0 Å². The fourth-order valence-electron chi connectivity index (χ4n) is 2.81. The Morgan fingerprint density at radius 2 is 1.86 bits per heavy atom. The lowest BCUT2D eigenvalue weighted by Gasteiger charge is -2.27. The monoisotopic (exact) mass is 293 g/mol. The Morgan fingerprint density at radius 3 is 2.48 bits per heavy atom. The summed E-state index contributed by atoms with van der Waals surface area (Å²) in [6, 6.07) is 0.